The van der Waals surface area contributed by atoms with Crippen LogP contribution in [0.4, 0.5) is 11.4 Å². The average molecular weight is 412 g/mol. The molecular formula is C23H30ClN5. The van der Waals surface area contributed by atoms with Gasteiger partial charge in [-0.3, -0.25) is 4.99 Å². The number of aliphatic imine (C=N–C) groups is 1. The van der Waals surface area contributed by atoms with Crippen molar-refractivity contribution in [3.8, 4) is 0 Å². The first-order valence-corrected chi connectivity index (χ1v) is 10.7. The fourth-order valence-corrected chi connectivity index (χ4v) is 4.30. The number of rotatable bonds is 5. The molecule has 0 radical (unpaired) electrons. The lowest BCUT2D eigenvalue weighted by Gasteiger charge is -2.44. The van der Waals surface area contributed by atoms with Gasteiger partial charge in [0.05, 0.1) is 23.5 Å². The Labute approximate surface area is 178 Å². The number of piperidine rings is 1. The van der Waals surface area contributed by atoms with Gasteiger partial charge in [-0.1, -0.05) is 29.8 Å². The molecular weight excluding hydrogens is 382 g/mol. The van der Waals surface area contributed by atoms with E-state index in [1.165, 1.54) is 11.3 Å². The van der Waals surface area contributed by atoms with Crippen LogP contribution in [0.2, 0.25) is 5.02 Å². The Balaban J connectivity index is 1.61. The quantitative estimate of drug-likeness (QED) is 0.696. The highest BCUT2D eigenvalue weighted by Crippen LogP contribution is 2.36. The Bertz CT molecular complexity index is 887. The molecule has 2 heterocycles. The predicted octanol–water partition coefficient (Wildman–Crippen LogP) is 4.00. The van der Waals surface area contributed by atoms with Crippen LogP contribution in [-0.2, 0) is 13.0 Å². The van der Waals surface area contributed by atoms with Gasteiger partial charge in [-0.2, -0.15) is 0 Å². The fraction of sp³-hybridized carbons (Fsp3) is 0.435. The average Bonchev–Trinajstić information content (AvgIpc) is 2.71. The lowest BCUT2D eigenvalue weighted by atomic mass is 9.84. The molecule has 29 heavy (non-hydrogen) atoms. The third-order valence-electron chi connectivity index (χ3n) is 5.78. The van der Waals surface area contributed by atoms with E-state index in [-0.39, 0.29) is 5.54 Å². The fourth-order valence-electron chi connectivity index (χ4n) is 4.09. The van der Waals surface area contributed by atoms with Gasteiger partial charge in [-0.05, 0) is 81.8 Å². The minimum Gasteiger partial charge on any atom is -0.371 e. The molecule has 0 aliphatic carbocycles. The van der Waals surface area contributed by atoms with Crippen LogP contribution in [0.5, 0.6) is 0 Å². The maximum atomic E-state index is 6.15. The second kappa shape index (κ2) is 8.74. The zero-order valence-electron chi connectivity index (χ0n) is 17.3. The molecule has 1 spiro atoms. The Kier molecular flexibility index (Phi) is 6.09. The van der Waals surface area contributed by atoms with Gasteiger partial charge < -0.3 is 20.9 Å². The van der Waals surface area contributed by atoms with E-state index in [1.807, 2.05) is 18.2 Å². The van der Waals surface area contributed by atoms with E-state index >= 15 is 0 Å². The minimum absolute atomic E-state index is 0.142. The molecule has 5 nitrogen and oxygen atoms in total. The zero-order chi connectivity index (χ0) is 20.3. The van der Waals surface area contributed by atoms with Crippen LogP contribution in [0.15, 0.2) is 47.5 Å². The number of fused-ring (bicyclic) bond motifs is 1. The van der Waals surface area contributed by atoms with Gasteiger partial charge in [0.25, 0.3) is 0 Å². The van der Waals surface area contributed by atoms with Crippen LogP contribution >= 0.6 is 11.6 Å². The molecule has 0 bridgehead atoms. The van der Waals surface area contributed by atoms with E-state index in [9.17, 15) is 0 Å². The summed E-state index contributed by atoms with van der Waals surface area (Å²) in [6.07, 6.45) is 3.07. The first kappa shape index (κ1) is 20.2. The van der Waals surface area contributed by atoms with Crippen molar-refractivity contribution in [2.45, 2.75) is 31.3 Å². The molecule has 2 aliphatic rings. The summed E-state index contributed by atoms with van der Waals surface area (Å²) in [6.45, 7) is 3.64. The second-order valence-electron chi connectivity index (χ2n) is 8.31. The lowest BCUT2D eigenvalue weighted by molar-refractivity contribution is 0.413. The third-order valence-corrected chi connectivity index (χ3v) is 6.01. The number of nitrogens with zero attached hydrogens (tertiary/aromatic N) is 2. The monoisotopic (exact) mass is 411 g/mol. The third kappa shape index (κ3) is 4.74. The topological polar surface area (TPSA) is 51.7 Å². The molecule has 6 heteroatoms. The largest absolute Gasteiger partial charge is 0.371 e. The first-order valence-electron chi connectivity index (χ1n) is 10.4. The highest BCUT2D eigenvalue weighted by Gasteiger charge is 2.40. The van der Waals surface area contributed by atoms with Crippen LogP contribution in [0, 0.1) is 0 Å². The molecule has 4 rings (SSSR count). The van der Waals surface area contributed by atoms with E-state index in [4.69, 9.17) is 16.6 Å². The zero-order valence-corrected chi connectivity index (χ0v) is 18.0. The summed E-state index contributed by atoms with van der Waals surface area (Å²) in [5.74, 6) is 1.03. The normalized spacial score (nSPS) is 19.1. The van der Waals surface area contributed by atoms with Crippen LogP contribution in [-0.4, -0.2) is 50.0 Å². The van der Waals surface area contributed by atoms with Gasteiger partial charge in [0.15, 0.2) is 0 Å². The molecule has 0 aromatic heterocycles. The molecule has 1 saturated heterocycles. The summed E-state index contributed by atoms with van der Waals surface area (Å²) in [7, 11) is 4.23. The molecule has 154 valence electrons. The van der Waals surface area contributed by atoms with Crippen LogP contribution < -0.4 is 16.0 Å². The predicted molar refractivity (Wildman–Crippen MR) is 123 cm³/mol. The van der Waals surface area contributed by atoms with Gasteiger partial charge in [0, 0.05) is 11.6 Å². The van der Waals surface area contributed by atoms with Crippen molar-refractivity contribution in [2.75, 3.05) is 44.4 Å². The summed E-state index contributed by atoms with van der Waals surface area (Å²) >= 11 is 6.15. The van der Waals surface area contributed by atoms with Crippen molar-refractivity contribution < 1.29 is 0 Å². The summed E-state index contributed by atoms with van der Waals surface area (Å²) in [4.78, 5) is 7.22. The highest BCUT2D eigenvalue weighted by atomic mass is 35.5. The van der Waals surface area contributed by atoms with Crippen molar-refractivity contribution >= 4 is 28.8 Å². The molecule has 1 fully saturated rings. The summed E-state index contributed by atoms with van der Waals surface area (Å²) < 4.78 is 0. The van der Waals surface area contributed by atoms with Crippen molar-refractivity contribution in [3.05, 3.63) is 58.6 Å². The van der Waals surface area contributed by atoms with E-state index in [0.29, 0.717) is 6.54 Å². The molecule has 0 amide bonds. The molecule has 0 saturated carbocycles. The molecule has 3 N–H and O–H groups in total. The Hall–Kier alpha value is -2.08. The highest BCUT2D eigenvalue weighted by molar-refractivity contribution is 6.30. The van der Waals surface area contributed by atoms with Crippen molar-refractivity contribution in [3.63, 3.8) is 0 Å². The van der Waals surface area contributed by atoms with Gasteiger partial charge in [-0.25, -0.2) is 0 Å². The van der Waals surface area contributed by atoms with E-state index in [1.54, 1.807) is 0 Å². The smallest absolute Gasteiger partial charge is 0.127 e. The van der Waals surface area contributed by atoms with Crippen molar-refractivity contribution in [2.24, 2.45) is 4.99 Å². The number of benzene rings is 2. The second-order valence-corrected chi connectivity index (χ2v) is 8.75. The summed E-state index contributed by atoms with van der Waals surface area (Å²) in [5, 5.41) is 11.8. The number of hydrogen-bond acceptors (Lipinski definition) is 4. The lowest BCUT2D eigenvalue weighted by Crippen LogP contribution is -2.57. The Morgan fingerprint density at radius 1 is 1.03 bits per heavy atom. The van der Waals surface area contributed by atoms with Crippen molar-refractivity contribution in [1.82, 2.24) is 10.2 Å². The number of halogens is 1. The minimum atomic E-state index is -0.142. The SMILES string of the molecule is CN(C)CCc1ccc2c(c1)NC1(CCNCC1)C(=NCc1cccc(Cl)c1)N2. The Morgan fingerprint density at radius 3 is 2.62 bits per heavy atom. The number of nitrogens with one attached hydrogen (secondary N) is 3. The maximum absolute atomic E-state index is 6.15. The summed E-state index contributed by atoms with van der Waals surface area (Å²) in [5.41, 5.74) is 4.63. The van der Waals surface area contributed by atoms with Gasteiger partial charge in [0.2, 0.25) is 0 Å². The Morgan fingerprint density at radius 2 is 1.86 bits per heavy atom. The van der Waals surface area contributed by atoms with E-state index in [0.717, 1.165) is 61.0 Å². The van der Waals surface area contributed by atoms with Gasteiger partial charge >= 0.3 is 0 Å². The number of hydrogen-bond donors (Lipinski definition) is 3. The first-order chi connectivity index (χ1) is 14.0. The standard InChI is InChI=1S/C23H30ClN5/c1-29(2)13-8-17-6-7-20-21(15-17)28-23(9-11-25-12-10-23)22(27-20)26-16-18-4-3-5-19(24)14-18/h3-7,14-15,25,28H,8-13,16H2,1-2H3,(H,26,27). The molecule has 2 aromatic carbocycles. The number of amidine groups is 1. The molecule has 2 aromatic rings. The van der Waals surface area contributed by atoms with Crippen LogP contribution in [0.1, 0.15) is 24.0 Å². The number of likely N-dealkylation sites (N-methyl/N-ethyl adjacent to an activating group) is 1. The van der Waals surface area contributed by atoms with Gasteiger partial charge in [0.1, 0.15) is 5.84 Å². The van der Waals surface area contributed by atoms with E-state index < -0.39 is 0 Å². The van der Waals surface area contributed by atoms with Crippen molar-refractivity contribution in [1.29, 1.82) is 0 Å². The van der Waals surface area contributed by atoms with Crippen LogP contribution in [0.3, 0.4) is 0 Å². The molecule has 2 aliphatic heterocycles. The maximum Gasteiger partial charge on any atom is 0.127 e. The van der Waals surface area contributed by atoms with Gasteiger partial charge in [-0.15, -0.1) is 0 Å². The van der Waals surface area contributed by atoms with Crippen LogP contribution in [0.25, 0.3) is 0 Å². The molecule has 0 unspecified atom stereocenters. The van der Waals surface area contributed by atoms with E-state index in [2.05, 4.69) is 59.2 Å². The summed E-state index contributed by atoms with van der Waals surface area (Å²) in [6, 6.07) is 14.6. The molecule has 0 atom stereocenters. The number of anilines is 2.